The van der Waals surface area contributed by atoms with Gasteiger partial charge in [0.05, 0.1) is 4.47 Å². The van der Waals surface area contributed by atoms with Gasteiger partial charge >= 0.3 is 0 Å². The first-order valence-electron chi connectivity index (χ1n) is 8.00. The molecule has 3 N–H and O–H groups in total. The first kappa shape index (κ1) is 21.1. The van der Waals surface area contributed by atoms with Gasteiger partial charge in [0.2, 0.25) is 5.91 Å². The maximum atomic E-state index is 11.8. The van der Waals surface area contributed by atoms with Crippen LogP contribution in [0.25, 0.3) is 6.08 Å². The van der Waals surface area contributed by atoms with Gasteiger partial charge in [0, 0.05) is 11.0 Å². The van der Waals surface area contributed by atoms with E-state index >= 15 is 0 Å². The lowest BCUT2D eigenvalue weighted by molar-refractivity contribution is -0.123. The lowest BCUT2D eigenvalue weighted by Crippen LogP contribution is -2.49. The zero-order valence-electron chi connectivity index (χ0n) is 14.5. The number of rotatable bonds is 6. The van der Waals surface area contributed by atoms with Gasteiger partial charge in [-0.05, 0) is 69.8 Å². The third-order valence-electron chi connectivity index (χ3n) is 3.26. The summed E-state index contributed by atoms with van der Waals surface area (Å²) in [5.41, 5.74) is 5.98. The second-order valence-electron chi connectivity index (χ2n) is 5.25. The van der Waals surface area contributed by atoms with Crippen molar-refractivity contribution < 1.29 is 14.3 Å². The highest BCUT2D eigenvalue weighted by atomic mass is 79.9. The Morgan fingerprint density at radius 3 is 2.78 bits per heavy atom. The summed E-state index contributed by atoms with van der Waals surface area (Å²) >= 11 is 9.88. The van der Waals surface area contributed by atoms with Crippen molar-refractivity contribution in [2.24, 2.45) is 0 Å². The second-order valence-corrected chi connectivity index (χ2v) is 7.49. The van der Waals surface area contributed by atoms with Crippen LogP contribution in [0.5, 0.6) is 5.75 Å². The average molecular weight is 468 g/mol. The lowest BCUT2D eigenvalue weighted by atomic mass is 10.2. The Hall–Kier alpha value is -2.23. The number of carbonyl (C=O) groups is 2. The van der Waals surface area contributed by atoms with E-state index in [0.29, 0.717) is 5.75 Å². The quantitative estimate of drug-likeness (QED) is 0.345. The molecule has 2 rings (SSSR count). The fourth-order valence-electron chi connectivity index (χ4n) is 1.92. The van der Waals surface area contributed by atoms with Gasteiger partial charge in [-0.25, -0.2) is 0 Å². The smallest absolute Gasteiger partial charge is 0.276 e. The number of hydrogen-bond donors (Lipinski definition) is 3. The molecule has 1 aromatic carbocycles. The van der Waals surface area contributed by atoms with Crippen LogP contribution < -0.4 is 20.9 Å². The highest BCUT2D eigenvalue weighted by molar-refractivity contribution is 9.10. The molecule has 9 heteroatoms. The molecule has 0 aliphatic carbocycles. The molecule has 0 spiro atoms. The molecule has 6 nitrogen and oxygen atoms in total. The molecule has 0 radical (unpaired) electrons. The van der Waals surface area contributed by atoms with Crippen molar-refractivity contribution in [3.8, 4) is 5.75 Å². The highest BCUT2D eigenvalue weighted by Gasteiger charge is 2.07. The Kier molecular flexibility index (Phi) is 8.43. The number of nitrogens with one attached hydrogen (secondary N) is 3. The van der Waals surface area contributed by atoms with E-state index in [1.165, 1.54) is 17.4 Å². The molecule has 1 heterocycles. The second kappa shape index (κ2) is 10.8. The molecule has 0 unspecified atom stereocenters. The lowest BCUT2D eigenvalue weighted by Gasteiger charge is -2.11. The summed E-state index contributed by atoms with van der Waals surface area (Å²) in [6.45, 7) is 1.85. The van der Waals surface area contributed by atoms with Crippen LogP contribution >= 0.6 is 39.5 Å². The maximum absolute atomic E-state index is 11.8. The molecule has 1 aromatic heterocycles. The molecule has 0 bridgehead atoms. The van der Waals surface area contributed by atoms with Crippen molar-refractivity contribution in [2.45, 2.75) is 13.3 Å². The number of hydrogen-bond acceptors (Lipinski definition) is 5. The predicted octanol–water partition coefficient (Wildman–Crippen LogP) is 3.19. The van der Waals surface area contributed by atoms with Crippen molar-refractivity contribution >= 4 is 62.5 Å². The van der Waals surface area contributed by atoms with Crippen LogP contribution in [0.2, 0.25) is 0 Å². The number of carbonyl (C=O) groups excluding carboxylic acids is 2. The zero-order valence-corrected chi connectivity index (χ0v) is 17.7. The van der Waals surface area contributed by atoms with E-state index in [4.69, 9.17) is 17.0 Å². The summed E-state index contributed by atoms with van der Waals surface area (Å²) < 4.78 is 6.23. The normalized spacial score (nSPS) is 10.4. The van der Waals surface area contributed by atoms with Gasteiger partial charge in [-0.15, -0.1) is 11.3 Å². The van der Waals surface area contributed by atoms with Crippen LogP contribution in [0.1, 0.15) is 17.4 Å². The monoisotopic (exact) mass is 467 g/mol. The Labute approximate surface area is 175 Å². The first-order valence-corrected chi connectivity index (χ1v) is 10.1. The summed E-state index contributed by atoms with van der Waals surface area (Å²) in [7, 11) is 0. The third kappa shape index (κ3) is 7.49. The van der Waals surface area contributed by atoms with Crippen LogP contribution in [-0.4, -0.2) is 23.5 Å². The Balaban J connectivity index is 1.70. The molecular weight excluding hydrogens is 450 g/mol. The molecule has 27 heavy (non-hydrogen) atoms. The van der Waals surface area contributed by atoms with E-state index in [9.17, 15) is 9.59 Å². The minimum Gasteiger partial charge on any atom is -0.483 e. The van der Waals surface area contributed by atoms with E-state index in [2.05, 4.69) is 39.0 Å². The molecule has 2 aromatic rings. The number of thiocarbonyl (C=S) groups is 1. The van der Waals surface area contributed by atoms with Crippen molar-refractivity contribution in [3.05, 3.63) is 56.7 Å². The fourth-order valence-corrected chi connectivity index (χ4v) is 3.23. The highest BCUT2D eigenvalue weighted by Crippen LogP contribution is 2.26. The van der Waals surface area contributed by atoms with Crippen LogP contribution in [-0.2, 0) is 16.0 Å². The van der Waals surface area contributed by atoms with Gasteiger partial charge in [0.15, 0.2) is 11.7 Å². The number of ether oxygens (including phenoxy) is 1. The molecule has 0 saturated heterocycles. The first-order chi connectivity index (χ1) is 13.0. The standard InChI is InChI=1S/C18H18BrN3O3S2/c1-2-12-5-7-15(14(19)10-12)25-11-17(24)21-22-18(26)20-16(23)8-6-13-4-3-9-27-13/h3-10H,2,11H2,1H3,(H,21,24)(H2,20,22,23,26). The van der Waals surface area contributed by atoms with Gasteiger partial charge < -0.3 is 4.74 Å². The number of hydrazine groups is 1. The molecule has 142 valence electrons. The van der Waals surface area contributed by atoms with Gasteiger partial charge in [-0.2, -0.15) is 0 Å². The molecular formula is C18H18BrN3O3S2. The van der Waals surface area contributed by atoms with Crippen molar-refractivity contribution in [1.82, 2.24) is 16.2 Å². The number of benzene rings is 1. The summed E-state index contributed by atoms with van der Waals surface area (Å²) in [5, 5.41) is 4.33. The number of aryl methyl sites for hydroxylation is 1. The van der Waals surface area contributed by atoms with Crippen molar-refractivity contribution in [1.29, 1.82) is 0 Å². The van der Waals surface area contributed by atoms with Gasteiger partial charge in [-0.1, -0.05) is 19.1 Å². The van der Waals surface area contributed by atoms with E-state index in [1.807, 2.05) is 29.6 Å². The van der Waals surface area contributed by atoms with Gasteiger partial charge in [0.1, 0.15) is 5.75 Å². The largest absolute Gasteiger partial charge is 0.483 e. The zero-order chi connectivity index (χ0) is 19.6. The van der Waals surface area contributed by atoms with Crippen LogP contribution in [0.4, 0.5) is 0 Å². The predicted molar refractivity (Wildman–Crippen MR) is 114 cm³/mol. The van der Waals surface area contributed by atoms with Crippen molar-refractivity contribution in [3.63, 3.8) is 0 Å². The van der Waals surface area contributed by atoms with Gasteiger partial charge in [0.25, 0.3) is 5.91 Å². The topological polar surface area (TPSA) is 79.5 Å². The van der Waals surface area contributed by atoms with E-state index in [1.54, 1.807) is 12.1 Å². The molecule has 0 aliphatic heterocycles. The van der Waals surface area contributed by atoms with Crippen molar-refractivity contribution in [2.75, 3.05) is 6.61 Å². The van der Waals surface area contributed by atoms with E-state index in [-0.39, 0.29) is 11.7 Å². The summed E-state index contributed by atoms with van der Waals surface area (Å²) in [5.74, 6) is -0.268. The van der Waals surface area contributed by atoms with Crippen LogP contribution in [0, 0.1) is 0 Å². The van der Waals surface area contributed by atoms with Crippen LogP contribution in [0.15, 0.2) is 46.3 Å². The molecule has 0 atom stereocenters. The number of thiophene rings is 1. The van der Waals surface area contributed by atoms with Crippen LogP contribution in [0.3, 0.4) is 0 Å². The average Bonchev–Trinajstić information content (AvgIpc) is 3.17. The SMILES string of the molecule is CCc1ccc(OCC(=O)NNC(=S)NC(=O)C=Cc2cccs2)c(Br)c1. The van der Waals surface area contributed by atoms with E-state index in [0.717, 1.165) is 21.3 Å². The molecule has 0 aliphatic rings. The molecule has 0 saturated carbocycles. The maximum Gasteiger partial charge on any atom is 0.276 e. The summed E-state index contributed by atoms with van der Waals surface area (Å²) in [6.07, 6.45) is 3.95. The number of halogens is 1. The molecule has 0 fully saturated rings. The minimum absolute atomic E-state index is 0.0161. The minimum atomic E-state index is -0.438. The summed E-state index contributed by atoms with van der Waals surface area (Å²) in [4.78, 5) is 24.5. The number of amides is 2. The Bertz CT molecular complexity index is 838. The third-order valence-corrected chi connectivity index (χ3v) is 4.92. The van der Waals surface area contributed by atoms with Gasteiger partial charge in [-0.3, -0.25) is 25.8 Å². The molecule has 2 amide bonds. The fraction of sp³-hybridized carbons (Fsp3) is 0.167. The Morgan fingerprint density at radius 2 is 2.11 bits per heavy atom. The van der Waals surface area contributed by atoms with E-state index < -0.39 is 11.8 Å². The summed E-state index contributed by atoms with van der Waals surface area (Å²) in [6, 6.07) is 9.46. The Morgan fingerprint density at radius 1 is 1.30 bits per heavy atom.